The zero-order valence-electron chi connectivity index (χ0n) is 12.7. The Bertz CT molecular complexity index is 808. The lowest BCUT2D eigenvalue weighted by Crippen LogP contribution is -2.07. The Morgan fingerprint density at radius 2 is 1.58 bits per heavy atom. The Kier molecular flexibility index (Phi) is 5.03. The lowest BCUT2D eigenvalue weighted by molar-refractivity contribution is 0.0472. The quantitative estimate of drug-likeness (QED) is 0.513. The fourth-order valence-electron chi connectivity index (χ4n) is 2.02. The first kappa shape index (κ1) is 16.0. The van der Waals surface area contributed by atoms with Crippen LogP contribution in [0.3, 0.4) is 0 Å². The molecule has 0 unspecified atom stereocenters. The molecule has 0 aliphatic rings. The molecule has 0 saturated heterocycles. The van der Waals surface area contributed by atoms with Crippen LogP contribution in [0.15, 0.2) is 72.1 Å². The molecule has 0 aliphatic heterocycles. The molecule has 120 valence electrons. The second-order valence-corrected chi connectivity index (χ2v) is 5.90. The molecule has 0 spiro atoms. The first-order valence-electron chi connectivity index (χ1n) is 7.29. The number of benzene rings is 2. The molecular formula is C19H14O4S. The summed E-state index contributed by atoms with van der Waals surface area (Å²) in [6.07, 6.45) is 0. The number of rotatable bonds is 5. The molecule has 24 heavy (non-hydrogen) atoms. The van der Waals surface area contributed by atoms with Gasteiger partial charge in [0.1, 0.15) is 17.2 Å². The van der Waals surface area contributed by atoms with Crippen LogP contribution in [0, 0.1) is 0 Å². The van der Waals surface area contributed by atoms with Gasteiger partial charge >= 0.3 is 11.9 Å². The van der Waals surface area contributed by atoms with Crippen LogP contribution in [0.5, 0.6) is 5.75 Å². The van der Waals surface area contributed by atoms with Crippen LogP contribution in [-0.4, -0.2) is 11.9 Å². The number of hydrogen-bond donors (Lipinski definition) is 0. The molecule has 3 aromatic rings. The van der Waals surface area contributed by atoms with Gasteiger partial charge in [0, 0.05) is 0 Å². The molecule has 0 amide bonds. The van der Waals surface area contributed by atoms with E-state index in [1.54, 1.807) is 36.4 Å². The Morgan fingerprint density at radius 1 is 0.833 bits per heavy atom. The van der Waals surface area contributed by atoms with Gasteiger partial charge in [-0.05, 0) is 41.3 Å². The van der Waals surface area contributed by atoms with Crippen molar-refractivity contribution in [2.24, 2.45) is 0 Å². The summed E-state index contributed by atoms with van der Waals surface area (Å²) in [7, 11) is 0. The van der Waals surface area contributed by atoms with E-state index in [0.717, 1.165) is 5.56 Å². The van der Waals surface area contributed by atoms with Crippen LogP contribution in [0.25, 0.3) is 0 Å². The summed E-state index contributed by atoms with van der Waals surface area (Å²) in [6.45, 7) is 0.217. The van der Waals surface area contributed by atoms with Crippen molar-refractivity contribution in [1.29, 1.82) is 0 Å². The highest BCUT2D eigenvalue weighted by Gasteiger charge is 2.11. The van der Waals surface area contributed by atoms with Crippen molar-refractivity contribution >= 4 is 23.3 Å². The number of ether oxygens (including phenoxy) is 2. The minimum atomic E-state index is -0.421. The number of carbonyl (C=O) groups excluding carboxylic acids is 2. The molecule has 1 aromatic heterocycles. The van der Waals surface area contributed by atoms with Crippen molar-refractivity contribution in [3.63, 3.8) is 0 Å². The Morgan fingerprint density at radius 3 is 2.25 bits per heavy atom. The molecule has 1 heterocycles. The Labute approximate surface area is 143 Å². The number of hydrogen-bond acceptors (Lipinski definition) is 5. The number of carbonyl (C=O) groups is 2. The van der Waals surface area contributed by atoms with Crippen molar-refractivity contribution in [1.82, 2.24) is 0 Å². The Hall–Kier alpha value is -2.92. The Balaban J connectivity index is 1.57. The van der Waals surface area contributed by atoms with E-state index in [2.05, 4.69) is 0 Å². The molecule has 0 bridgehead atoms. The monoisotopic (exact) mass is 338 g/mol. The highest BCUT2D eigenvalue weighted by atomic mass is 32.1. The van der Waals surface area contributed by atoms with E-state index in [-0.39, 0.29) is 6.61 Å². The van der Waals surface area contributed by atoms with Crippen molar-refractivity contribution in [3.8, 4) is 5.75 Å². The maximum absolute atomic E-state index is 12.0. The average Bonchev–Trinajstić information content (AvgIpc) is 3.16. The first-order chi connectivity index (χ1) is 11.7. The number of esters is 2. The third kappa shape index (κ3) is 4.08. The van der Waals surface area contributed by atoms with Crippen LogP contribution < -0.4 is 4.74 Å². The van der Waals surface area contributed by atoms with Crippen molar-refractivity contribution in [3.05, 3.63) is 88.1 Å². The number of thiophene rings is 1. The molecule has 0 atom stereocenters. The highest BCUT2D eigenvalue weighted by molar-refractivity contribution is 7.12. The normalized spacial score (nSPS) is 10.2. The van der Waals surface area contributed by atoms with Crippen LogP contribution >= 0.6 is 11.3 Å². The van der Waals surface area contributed by atoms with Gasteiger partial charge in [-0.15, -0.1) is 11.3 Å². The van der Waals surface area contributed by atoms with Gasteiger partial charge in [-0.3, -0.25) is 0 Å². The van der Waals surface area contributed by atoms with Gasteiger partial charge in [0.25, 0.3) is 0 Å². The van der Waals surface area contributed by atoms with E-state index in [1.165, 1.54) is 11.3 Å². The average molecular weight is 338 g/mol. The van der Waals surface area contributed by atoms with Gasteiger partial charge in [-0.25, -0.2) is 9.59 Å². The molecule has 5 heteroatoms. The summed E-state index contributed by atoms with van der Waals surface area (Å²) in [6, 6.07) is 19.2. The second kappa shape index (κ2) is 7.57. The fourth-order valence-corrected chi connectivity index (χ4v) is 2.62. The summed E-state index contributed by atoms with van der Waals surface area (Å²) in [4.78, 5) is 24.4. The van der Waals surface area contributed by atoms with Crippen LogP contribution in [0.2, 0.25) is 0 Å². The van der Waals surface area contributed by atoms with E-state index in [0.29, 0.717) is 16.2 Å². The molecule has 0 aliphatic carbocycles. The van der Waals surface area contributed by atoms with Crippen molar-refractivity contribution < 1.29 is 19.1 Å². The van der Waals surface area contributed by atoms with Gasteiger partial charge < -0.3 is 9.47 Å². The summed E-state index contributed by atoms with van der Waals surface area (Å²) >= 11 is 1.31. The predicted molar refractivity (Wildman–Crippen MR) is 91.3 cm³/mol. The smallest absolute Gasteiger partial charge is 0.353 e. The zero-order valence-corrected chi connectivity index (χ0v) is 13.5. The van der Waals surface area contributed by atoms with Gasteiger partial charge in [0.05, 0.1) is 5.56 Å². The van der Waals surface area contributed by atoms with Crippen LogP contribution in [0.4, 0.5) is 0 Å². The second-order valence-electron chi connectivity index (χ2n) is 4.95. The summed E-state index contributed by atoms with van der Waals surface area (Å²) in [5.41, 5.74) is 1.33. The predicted octanol–water partition coefficient (Wildman–Crippen LogP) is 4.32. The molecule has 0 saturated carbocycles. The molecule has 0 radical (unpaired) electrons. The minimum Gasteiger partial charge on any atom is -0.457 e. The van der Waals surface area contributed by atoms with Gasteiger partial charge in [-0.1, -0.05) is 36.4 Å². The lowest BCUT2D eigenvalue weighted by Gasteiger charge is -2.06. The van der Waals surface area contributed by atoms with E-state index in [1.807, 2.05) is 35.7 Å². The molecule has 0 N–H and O–H groups in total. The SMILES string of the molecule is O=C(OCc1ccccc1)c1ccc(OC(=O)c2cccs2)cc1. The maximum atomic E-state index is 12.0. The van der Waals surface area contributed by atoms with E-state index >= 15 is 0 Å². The maximum Gasteiger partial charge on any atom is 0.353 e. The van der Waals surface area contributed by atoms with Crippen molar-refractivity contribution in [2.45, 2.75) is 6.61 Å². The summed E-state index contributed by atoms with van der Waals surface area (Å²) < 4.78 is 10.5. The highest BCUT2D eigenvalue weighted by Crippen LogP contribution is 2.17. The molecule has 3 rings (SSSR count). The van der Waals surface area contributed by atoms with E-state index in [4.69, 9.17) is 9.47 Å². The zero-order chi connectivity index (χ0) is 16.8. The van der Waals surface area contributed by atoms with Gasteiger partial charge in [0.2, 0.25) is 0 Å². The topological polar surface area (TPSA) is 52.6 Å². The summed E-state index contributed by atoms with van der Waals surface area (Å²) in [5, 5.41) is 1.81. The third-order valence-corrected chi connectivity index (χ3v) is 4.09. The van der Waals surface area contributed by atoms with Crippen LogP contribution in [0.1, 0.15) is 25.6 Å². The fraction of sp³-hybridized carbons (Fsp3) is 0.0526. The molecule has 0 fully saturated rings. The molecular weight excluding hydrogens is 324 g/mol. The van der Waals surface area contributed by atoms with Gasteiger partial charge in [0.15, 0.2) is 0 Å². The third-order valence-electron chi connectivity index (χ3n) is 3.24. The minimum absolute atomic E-state index is 0.217. The standard InChI is InChI=1S/C19H14O4S/c20-18(22-13-14-5-2-1-3-6-14)15-8-10-16(11-9-15)23-19(21)17-7-4-12-24-17/h1-12H,13H2. The largest absolute Gasteiger partial charge is 0.457 e. The molecule has 2 aromatic carbocycles. The summed E-state index contributed by atoms with van der Waals surface area (Å²) in [5.74, 6) is -0.451. The lowest BCUT2D eigenvalue weighted by atomic mass is 10.2. The first-order valence-corrected chi connectivity index (χ1v) is 8.17. The van der Waals surface area contributed by atoms with E-state index < -0.39 is 11.9 Å². The molecule has 4 nitrogen and oxygen atoms in total. The van der Waals surface area contributed by atoms with Crippen molar-refractivity contribution in [2.75, 3.05) is 0 Å². The van der Waals surface area contributed by atoms with E-state index in [9.17, 15) is 9.59 Å². The van der Waals surface area contributed by atoms with Gasteiger partial charge in [-0.2, -0.15) is 0 Å². The van der Waals surface area contributed by atoms with Crippen LogP contribution in [-0.2, 0) is 11.3 Å².